The van der Waals surface area contributed by atoms with Gasteiger partial charge >= 0.3 is 12.4 Å². The minimum Gasteiger partial charge on any atom is -0.330 e. The second-order valence-electron chi connectivity index (χ2n) is 8.04. The van der Waals surface area contributed by atoms with Crippen LogP contribution in [0.5, 0.6) is 0 Å². The number of alkyl halides is 6. The SMILES string of the molecule is NCCc1cccc(C#CCN(C(=O)Cc2ccc(C(F)(F)F)cc2C(F)(F)F)c2ccc(F)cc2)c1. The standard InChI is InChI=1S/C27H21F7N2O/c28-22-8-10-23(11-9-22)36(14-2-5-18-3-1-4-19(15-18)12-13-35)25(37)16-20-6-7-21(26(29,30)31)17-24(20)27(32,33)34/h1,3-4,6-11,15,17H,12-14,16,35H2. The predicted octanol–water partition coefficient (Wildman–Crippen LogP) is 5.99. The van der Waals surface area contributed by atoms with Crippen molar-refractivity contribution in [3.8, 4) is 11.8 Å². The first-order valence-corrected chi connectivity index (χ1v) is 11.0. The van der Waals surface area contributed by atoms with E-state index in [9.17, 15) is 35.5 Å². The molecule has 0 aliphatic heterocycles. The number of rotatable bonds is 6. The van der Waals surface area contributed by atoms with Crippen LogP contribution in [0.1, 0.15) is 27.8 Å². The number of hydrogen-bond acceptors (Lipinski definition) is 2. The highest BCUT2D eigenvalue weighted by Gasteiger charge is 2.38. The summed E-state index contributed by atoms with van der Waals surface area (Å²) in [5.41, 5.74) is 3.63. The molecule has 0 unspecified atom stereocenters. The Hall–Kier alpha value is -3.84. The first-order valence-electron chi connectivity index (χ1n) is 11.0. The van der Waals surface area contributed by atoms with Crippen LogP contribution in [0.4, 0.5) is 36.4 Å². The van der Waals surface area contributed by atoms with Crippen LogP contribution in [0.2, 0.25) is 0 Å². The number of benzene rings is 3. The van der Waals surface area contributed by atoms with E-state index in [-0.39, 0.29) is 18.3 Å². The summed E-state index contributed by atoms with van der Waals surface area (Å²) in [6, 6.07) is 13.0. The lowest BCUT2D eigenvalue weighted by molar-refractivity contribution is -0.143. The topological polar surface area (TPSA) is 46.3 Å². The van der Waals surface area contributed by atoms with Crippen molar-refractivity contribution in [1.29, 1.82) is 0 Å². The lowest BCUT2D eigenvalue weighted by atomic mass is 10.00. The largest absolute Gasteiger partial charge is 0.416 e. The van der Waals surface area contributed by atoms with E-state index < -0.39 is 47.2 Å². The molecule has 37 heavy (non-hydrogen) atoms. The quantitative estimate of drug-likeness (QED) is 0.319. The van der Waals surface area contributed by atoms with Gasteiger partial charge in [0.15, 0.2) is 0 Å². The van der Waals surface area contributed by atoms with Crippen LogP contribution in [0.25, 0.3) is 0 Å². The van der Waals surface area contributed by atoms with E-state index in [1.54, 1.807) is 12.1 Å². The van der Waals surface area contributed by atoms with Gasteiger partial charge in [0.1, 0.15) is 5.82 Å². The minimum absolute atomic E-state index is 0.0149. The molecule has 194 valence electrons. The van der Waals surface area contributed by atoms with Gasteiger partial charge in [0.25, 0.3) is 0 Å². The van der Waals surface area contributed by atoms with Crippen molar-refractivity contribution in [2.75, 3.05) is 18.0 Å². The van der Waals surface area contributed by atoms with Crippen LogP contribution in [0, 0.1) is 17.7 Å². The highest BCUT2D eigenvalue weighted by Crippen LogP contribution is 2.37. The third-order valence-corrected chi connectivity index (χ3v) is 5.35. The zero-order chi connectivity index (χ0) is 27.2. The molecular formula is C27H21F7N2O. The summed E-state index contributed by atoms with van der Waals surface area (Å²) in [6.45, 7) is 0.182. The molecule has 0 heterocycles. The Morgan fingerprint density at radius 3 is 2.22 bits per heavy atom. The van der Waals surface area contributed by atoms with Gasteiger partial charge in [-0.25, -0.2) is 4.39 Å². The third kappa shape index (κ3) is 7.57. The van der Waals surface area contributed by atoms with E-state index in [1.807, 2.05) is 12.1 Å². The van der Waals surface area contributed by atoms with Gasteiger partial charge in [-0.2, -0.15) is 26.3 Å². The smallest absolute Gasteiger partial charge is 0.330 e. The summed E-state index contributed by atoms with van der Waals surface area (Å²) in [7, 11) is 0. The molecule has 0 aromatic heterocycles. The van der Waals surface area contributed by atoms with Gasteiger partial charge in [0.05, 0.1) is 24.1 Å². The number of nitrogens with two attached hydrogens (primary N) is 1. The van der Waals surface area contributed by atoms with Crippen molar-refractivity contribution in [3.05, 3.63) is 100 Å². The molecule has 0 aliphatic rings. The summed E-state index contributed by atoms with van der Waals surface area (Å²) < 4.78 is 93.0. The highest BCUT2D eigenvalue weighted by molar-refractivity contribution is 5.95. The molecule has 0 atom stereocenters. The maximum atomic E-state index is 13.5. The molecule has 2 N–H and O–H groups in total. The van der Waals surface area contributed by atoms with E-state index in [1.165, 1.54) is 12.1 Å². The molecule has 0 saturated carbocycles. The number of halogens is 7. The zero-order valence-electron chi connectivity index (χ0n) is 19.3. The molecule has 3 rings (SSSR count). The average molecular weight is 522 g/mol. The van der Waals surface area contributed by atoms with Crippen molar-refractivity contribution >= 4 is 11.6 Å². The van der Waals surface area contributed by atoms with Crippen molar-refractivity contribution in [2.24, 2.45) is 5.73 Å². The zero-order valence-corrected chi connectivity index (χ0v) is 19.3. The van der Waals surface area contributed by atoms with Crippen LogP contribution < -0.4 is 10.6 Å². The maximum absolute atomic E-state index is 13.5. The van der Waals surface area contributed by atoms with Gasteiger partial charge in [0.2, 0.25) is 5.91 Å². The normalized spacial score (nSPS) is 11.6. The van der Waals surface area contributed by atoms with E-state index in [0.717, 1.165) is 22.6 Å². The van der Waals surface area contributed by atoms with Crippen molar-refractivity contribution in [1.82, 2.24) is 0 Å². The first kappa shape index (κ1) is 27.7. The molecule has 3 aromatic carbocycles. The Morgan fingerprint density at radius 1 is 0.892 bits per heavy atom. The Kier molecular flexibility index (Phi) is 8.61. The second kappa shape index (κ2) is 11.5. The molecule has 1 amide bonds. The molecule has 3 aromatic rings. The summed E-state index contributed by atoms with van der Waals surface area (Å²) in [5.74, 6) is 4.20. The van der Waals surface area contributed by atoms with Gasteiger partial charge in [-0.3, -0.25) is 4.79 Å². The van der Waals surface area contributed by atoms with Crippen molar-refractivity contribution in [3.63, 3.8) is 0 Å². The van der Waals surface area contributed by atoms with Gasteiger partial charge in [-0.15, -0.1) is 0 Å². The number of carbonyl (C=O) groups is 1. The molecule has 0 fully saturated rings. The van der Waals surface area contributed by atoms with Crippen LogP contribution in [-0.4, -0.2) is 19.0 Å². The number of amides is 1. The molecule has 3 nitrogen and oxygen atoms in total. The lowest BCUT2D eigenvalue weighted by Gasteiger charge is -2.22. The van der Waals surface area contributed by atoms with E-state index >= 15 is 0 Å². The summed E-state index contributed by atoms with van der Waals surface area (Å²) in [5, 5.41) is 0. The number of carbonyl (C=O) groups excluding carboxylic acids is 1. The van der Waals surface area contributed by atoms with Crippen LogP contribution in [0.3, 0.4) is 0 Å². The Morgan fingerprint density at radius 2 is 1.59 bits per heavy atom. The molecule has 0 bridgehead atoms. The summed E-state index contributed by atoms with van der Waals surface area (Å²) >= 11 is 0. The third-order valence-electron chi connectivity index (χ3n) is 5.35. The van der Waals surface area contributed by atoms with E-state index in [4.69, 9.17) is 5.73 Å². The fourth-order valence-electron chi connectivity index (χ4n) is 3.57. The Labute approximate surface area is 208 Å². The van der Waals surface area contributed by atoms with Crippen LogP contribution in [-0.2, 0) is 30.0 Å². The van der Waals surface area contributed by atoms with Crippen molar-refractivity contribution < 1.29 is 35.5 Å². The maximum Gasteiger partial charge on any atom is 0.416 e. The molecule has 0 aliphatic carbocycles. The van der Waals surface area contributed by atoms with Gasteiger partial charge < -0.3 is 10.6 Å². The molecule has 10 heteroatoms. The highest BCUT2D eigenvalue weighted by atomic mass is 19.4. The predicted molar refractivity (Wildman–Crippen MR) is 125 cm³/mol. The van der Waals surface area contributed by atoms with Gasteiger partial charge in [0, 0.05) is 11.3 Å². The van der Waals surface area contributed by atoms with Crippen molar-refractivity contribution in [2.45, 2.75) is 25.2 Å². The number of anilines is 1. The molecular weight excluding hydrogens is 501 g/mol. The molecule has 0 radical (unpaired) electrons. The average Bonchev–Trinajstić information content (AvgIpc) is 2.82. The van der Waals surface area contributed by atoms with Gasteiger partial charge in [-0.05, 0) is 72.6 Å². The fourth-order valence-corrected chi connectivity index (χ4v) is 3.57. The Balaban J connectivity index is 1.92. The van der Waals surface area contributed by atoms with Crippen LogP contribution in [0.15, 0.2) is 66.7 Å². The lowest BCUT2D eigenvalue weighted by Crippen LogP contribution is -2.33. The second-order valence-corrected chi connectivity index (χ2v) is 8.04. The first-order chi connectivity index (χ1) is 17.4. The number of nitrogens with zero attached hydrogens (tertiary/aromatic N) is 1. The summed E-state index contributed by atoms with van der Waals surface area (Å²) in [4.78, 5) is 14.2. The summed E-state index contributed by atoms with van der Waals surface area (Å²) in [6.07, 6.45) is -10.3. The molecule has 0 saturated heterocycles. The van der Waals surface area contributed by atoms with E-state index in [0.29, 0.717) is 30.7 Å². The van der Waals surface area contributed by atoms with Crippen LogP contribution >= 0.6 is 0 Å². The Bertz CT molecular complexity index is 1300. The van der Waals surface area contributed by atoms with E-state index in [2.05, 4.69) is 11.8 Å². The molecule has 0 spiro atoms. The van der Waals surface area contributed by atoms with Gasteiger partial charge in [-0.1, -0.05) is 30.0 Å². The monoisotopic (exact) mass is 522 g/mol. The minimum atomic E-state index is -5.12. The number of hydrogen-bond donors (Lipinski definition) is 1. The fraction of sp³-hybridized carbons (Fsp3) is 0.222.